The molecule has 28 heteroatoms. The average Bonchev–Trinajstić information content (AvgIpc) is 1.23. The second kappa shape index (κ2) is 34.6. The number of ether oxygens (including phenoxy) is 8. The van der Waals surface area contributed by atoms with Crippen molar-refractivity contribution >= 4 is 55.2 Å². The lowest BCUT2D eigenvalue weighted by molar-refractivity contribution is -0.0949. The molecule has 7 unspecified atom stereocenters. The molecule has 0 radical (unpaired) electrons. The first-order chi connectivity index (χ1) is 50.8. The molecule has 6 aromatic carbocycles. The highest BCUT2D eigenvalue weighted by molar-refractivity contribution is 7.44. The van der Waals surface area contributed by atoms with Crippen LogP contribution in [0.2, 0.25) is 0 Å². The van der Waals surface area contributed by atoms with Gasteiger partial charge in [0.05, 0.1) is 98.0 Å². The summed E-state index contributed by atoms with van der Waals surface area (Å²) in [5.41, 5.74) is 2.91. The maximum Gasteiger partial charge on any atom is 0.263 e. The molecule has 3 N–H and O–H groups in total. The number of nitriles is 1. The topological polar surface area (TPSA) is 298 Å². The van der Waals surface area contributed by atoms with E-state index in [1.54, 1.807) is 55.6 Å². The van der Waals surface area contributed by atoms with Crippen LogP contribution < -0.4 is 30.1 Å². The zero-order valence-corrected chi connectivity index (χ0v) is 61.7. The number of aliphatic hydroxyl groups is 1. The number of rotatable bonds is 30. The first-order valence-corrected chi connectivity index (χ1v) is 35.5. The second-order valence-corrected chi connectivity index (χ2v) is 27.4. The zero-order valence-electron chi connectivity index (χ0n) is 60.8. The molecule has 7 atom stereocenters. The summed E-state index contributed by atoms with van der Waals surface area (Å²) in [5, 5.41) is 30.2. The maximum atomic E-state index is 13.2. The molecular formula is C77H89N14O13P. The molecule has 2 saturated heterocycles. The fourth-order valence-electron chi connectivity index (χ4n) is 12.8. The predicted molar refractivity (Wildman–Crippen MR) is 400 cm³/mol. The second-order valence-electron chi connectivity index (χ2n) is 26.0. The third-order valence-electron chi connectivity index (χ3n) is 17.8. The lowest BCUT2D eigenvalue weighted by Gasteiger charge is -2.39. The van der Waals surface area contributed by atoms with Crippen LogP contribution in [0.3, 0.4) is 0 Å². The van der Waals surface area contributed by atoms with Crippen LogP contribution in [0.4, 0.5) is 11.9 Å². The highest BCUT2D eigenvalue weighted by atomic mass is 31.2. The van der Waals surface area contributed by atoms with E-state index in [-0.39, 0.29) is 67.8 Å². The number of benzene rings is 6. The van der Waals surface area contributed by atoms with Gasteiger partial charge in [-0.15, -0.1) is 0 Å². The average molecular weight is 1450 g/mol. The SMILES string of the molecule is COc1ccc(C(OCC2OC(n3ncc4c(=O)[nH]c(N=CN(C)C)nc43)CC2O)(c2ccccc2)c2ccc(OC)cc2)cc1.COc1ccc(C(OCC2OC(n3ncc4c(=O)[nH]c(N=CN(C)C)nc43)CC2OP(OCCC#N)N(C(C)C)C(C)C)(c2ccccc2)c2ccc(OC)cc2)cc1. The Labute approximate surface area is 610 Å². The highest BCUT2D eigenvalue weighted by Crippen LogP contribution is 2.51. The van der Waals surface area contributed by atoms with Gasteiger partial charge in [0, 0.05) is 53.1 Å². The Hall–Kier alpha value is -10.2. The van der Waals surface area contributed by atoms with E-state index in [1.807, 2.05) is 186 Å². The summed E-state index contributed by atoms with van der Waals surface area (Å²) in [5.74, 6) is 3.12. The number of H-pyrrole nitrogens is 2. The Bertz CT molecular complexity index is 4580. The Kier molecular flexibility index (Phi) is 25.0. The van der Waals surface area contributed by atoms with E-state index in [4.69, 9.17) is 46.9 Å². The summed E-state index contributed by atoms with van der Waals surface area (Å²) in [6.07, 6.45) is 2.54. The van der Waals surface area contributed by atoms with Gasteiger partial charge in [-0.05, 0) is 110 Å². The number of hydrogen-bond donors (Lipinski definition) is 3. The number of aromatic amines is 2. The van der Waals surface area contributed by atoms with Gasteiger partial charge in [-0.2, -0.15) is 25.4 Å². The fourth-order valence-corrected chi connectivity index (χ4v) is 14.6. The number of nitrogens with one attached hydrogen (secondary N) is 2. The molecule has 2 fully saturated rings. The molecule has 2 aliphatic heterocycles. The van der Waals surface area contributed by atoms with Crippen LogP contribution in [0.1, 0.15) is 92.8 Å². The molecule has 2 aliphatic rings. The number of fused-ring (bicyclic) bond motifs is 2. The normalized spacial score (nSPS) is 17.9. The molecule has 27 nitrogen and oxygen atoms in total. The smallest absolute Gasteiger partial charge is 0.263 e. The van der Waals surface area contributed by atoms with Gasteiger partial charge in [-0.1, -0.05) is 109 Å². The first-order valence-electron chi connectivity index (χ1n) is 34.4. The van der Waals surface area contributed by atoms with Crippen LogP contribution in [0, 0.1) is 11.3 Å². The van der Waals surface area contributed by atoms with Gasteiger partial charge in [0.1, 0.15) is 57.2 Å². The van der Waals surface area contributed by atoms with Crippen LogP contribution in [0.15, 0.2) is 190 Å². The monoisotopic (exact) mass is 1450 g/mol. The van der Waals surface area contributed by atoms with Gasteiger partial charge in [-0.25, -0.2) is 24.0 Å². The summed E-state index contributed by atoms with van der Waals surface area (Å²) >= 11 is 0. The zero-order chi connectivity index (χ0) is 74.4. The minimum atomic E-state index is -1.67. The van der Waals surface area contributed by atoms with Crippen LogP contribution in [0.5, 0.6) is 23.0 Å². The first kappa shape index (κ1) is 75.9. The molecule has 105 heavy (non-hydrogen) atoms. The largest absolute Gasteiger partial charge is 0.497 e. The van der Waals surface area contributed by atoms with E-state index in [0.29, 0.717) is 51.5 Å². The van der Waals surface area contributed by atoms with E-state index in [1.165, 1.54) is 17.1 Å². The maximum absolute atomic E-state index is 13.2. The molecule has 4 aromatic heterocycles. The third kappa shape index (κ3) is 17.1. The van der Waals surface area contributed by atoms with E-state index >= 15 is 0 Å². The number of aliphatic imine (C=N–C) groups is 2. The number of methoxy groups -OCH3 is 4. The van der Waals surface area contributed by atoms with Crippen molar-refractivity contribution in [3.05, 3.63) is 224 Å². The van der Waals surface area contributed by atoms with Crippen LogP contribution in [0.25, 0.3) is 22.1 Å². The van der Waals surface area contributed by atoms with Gasteiger partial charge in [0.15, 0.2) is 23.8 Å². The number of hydrogen-bond acceptors (Lipinski definition) is 21. The van der Waals surface area contributed by atoms with Crippen molar-refractivity contribution in [3.63, 3.8) is 0 Å². The van der Waals surface area contributed by atoms with E-state index in [9.17, 15) is 20.0 Å². The van der Waals surface area contributed by atoms with Crippen molar-refractivity contribution in [2.24, 2.45) is 9.98 Å². The van der Waals surface area contributed by atoms with Crippen molar-refractivity contribution in [3.8, 4) is 29.1 Å². The number of aliphatic hydroxyl groups excluding tert-OH is 1. The van der Waals surface area contributed by atoms with Gasteiger partial charge >= 0.3 is 0 Å². The van der Waals surface area contributed by atoms with Crippen molar-refractivity contribution in [1.29, 1.82) is 5.26 Å². The predicted octanol–water partition coefficient (Wildman–Crippen LogP) is 11.3. The van der Waals surface area contributed by atoms with Crippen LogP contribution in [-0.4, -0.2) is 185 Å². The van der Waals surface area contributed by atoms with Crippen molar-refractivity contribution < 1.29 is 52.0 Å². The summed E-state index contributed by atoms with van der Waals surface area (Å²) in [7, 11) is 12.1. The number of nitrogens with zero attached hydrogens (tertiary/aromatic N) is 12. The van der Waals surface area contributed by atoms with E-state index in [0.717, 1.165) is 33.4 Å². The Morgan fingerprint density at radius 3 is 1.32 bits per heavy atom. The summed E-state index contributed by atoms with van der Waals surface area (Å²) in [6.45, 7) is 8.67. The van der Waals surface area contributed by atoms with Gasteiger partial charge in [0.25, 0.3) is 19.6 Å². The Morgan fingerprint density at radius 1 is 0.581 bits per heavy atom. The molecule has 0 spiro atoms. The van der Waals surface area contributed by atoms with Crippen molar-refractivity contribution in [2.45, 2.75) is 107 Å². The molecule has 0 saturated carbocycles. The van der Waals surface area contributed by atoms with Crippen LogP contribution in [-0.2, 0) is 39.2 Å². The summed E-state index contributed by atoms with van der Waals surface area (Å²) in [4.78, 5) is 52.5. The lowest BCUT2D eigenvalue weighted by Crippen LogP contribution is -2.39. The van der Waals surface area contributed by atoms with Gasteiger partial charge in [0.2, 0.25) is 11.9 Å². The third-order valence-corrected chi connectivity index (χ3v) is 20.0. The van der Waals surface area contributed by atoms with Crippen LogP contribution >= 0.6 is 8.53 Å². The molecule has 0 bridgehead atoms. The highest BCUT2D eigenvalue weighted by Gasteiger charge is 2.47. The number of aromatic nitrogens is 8. The minimum absolute atomic E-state index is 0.0379. The minimum Gasteiger partial charge on any atom is -0.497 e. The Morgan fingerprint density at radius 2 is 0.952 bits per heavy atom. The van der Waals surface area contributed by atoms with Crippen molar-refractivity contribution in [1.82, 2.24) is 54.0 Å². The van der Waals surface area contributed by atoms with Crippen molar-refractivity contribution in [2.75, 3.05) is 76.5 Å². The molecule has 0 aliphatic carbocycles. The van der Waals surface area contributed by atoms with Gasteiger partial charge < -0.3 is 61.8 Å². The quantitative estimate of drug-likeness (QED) is 0.0124. The molecule has 6 heterocycles. The molecule has 10 aromatic rings. The standard InChI is InChI=1S/C43H53N8O7P.C34H36N6O6/c1-29(2)51(30(3)4)59(56-24-12-23-44)58-37-25-39(50-40-36(26-46-50)41(52)48-42(47-40)45-28-49(5)6)57-38(37)27-55-43(31-13-10-9-11-14-31,32-15-19-34(53-7)20-16-32)33-17-21-35(54-8)22-18-33;1-39(2)21-35-33-37-31-27(32(42)38-33)19-36-40(31)30-18-28(41)29(46-30)20-45-34(22-8-6-5-7-9-22,23-10-14-25(43-3)15-11-23)24-12-16-26(44-4)17-13-24/h9-11,13-22,26,28-30,37-39H,12,24-25,27H2,1-8H3,(H,47,48,52);5-17,19,21,28-30,41H,18,20H2,1-4H3,(H,37,38,42). The fraction of sp³-hybridized carbons (Fsp3) is 0.364. The molecule has 0 amide bonds. The summed E-state index contributed by atoms with van der Waals surface area (Å²) in [6, 6.07) is 53.4. The Balaban J connectivity index is 0.000000216. The molecule has 12 rings (SSSR count). The summed E-state index contributed by atoms with van der Waals surface area (Å²) < 4.78 is 68.2. The van der Waals surface area contributed by atoms with E-state index < -0.39 is 56.6 Å². The van der Waals surface area contributed by atoms with E-state index in [2.05, 4.69) is 78.6 Å². The van der Waals surface area contributed by atoms with Gasteiger partial charge in [-0.3, -0.25) is 19.6 Å². The molecular weight excluding hydrogens is 1360 g/mol. The lowest BCUT2D eigenvalue weighted by atomic mass is 9.80. The molecule has 550 valence electrons.